The average molecular weight is 382 g/mol. The van der Waals surface area contributed by atoms with Crippen molar-refractivity contribution in [3.63, 3.8) is 0 Å². The molecule has 2 atom stereocenters. The van der Waals surface area contributed by atoms with Gasteiger partial charge in [-0.2, -0.15) is 4.98 Å². The first-order valence-electron chi connectivity index (χ1n) is 9.64. The summed E-state index contributed by atoms with van der Waals surface area (Å²) in [4.78, 5) is 9.50. The molecule has 0 aliphatic carbocycles. The van der Waals surface area contributed by atoms with Crippen LogP contribution in [0.2, 0.25) is 0 Å². The minimum atomic E-state index is -0.273. The van der Waals surface area contributed by atoms with Gasteiger partial charge in [0.2, 0.25) is 11.7 Å². The lowest BCUT2D eigenvalue weighted by Crippen LogP contribution is -2.32. The summed E-state index contributed by atoms with van der Waals surface area (Å²) in [5.74, 6) is 2.07. The summed E-state index contributed by atoms with van der Waals surface area (Å²) in [5, 5.41) is 4.18. The molecule has 1 aromatic carbocycles. The van der Waals surface area contributed by atoms with Gasteiger partial charge in [0, 0.05) is 30.6 Å². The first-order valence-corrected chi connectivity index (χ1v) is 9.64. The van der Waals surface area contributed by atoms with Crippen LogP contribution in [0, 0.1) is 11.2 Å². The van der Waals surface area contributed by atoms with Crippen LogP contribution in [0.3, 0.4) is 0 Å². The van der Waals surface area contributed by atoms with Gasteiger partial charge in [0.1, 0.15) is 11.6 Å². The molecule has 2 aromatic heterocycles. The van der Waals surface area contributed by atoms with Gasteiger partial charge < -0.3 is 13.8 Å². The van der Waals surface area contributed by atoms with E-state index in [0.29, 0.717) is 11.7 Å². The molecule has 0 amide bonds. The van der Waals surface area contributed by atoms with E-state index >= 15 is 0 Å². The number of rotatable bonds is 4. The number of nitrogens with zero attached hydrogens (tertiary/aromatic N) is 4. The Kier molecular flexibility index (Phi) is 4.29. The van der Waals surface area contributed by atoms with Gasteiger partial charge in [-0.3, -0.25) is 4.90 Å². The number of hydrogen-bond acceptors (Lipinski definition) is 6. The van der Waals surface area contributed by atoms with E-state index in [1.54, 1.807) is 18.4 Å². The smallest absolute Gasteiger partial charge is 0.232 e. The van der Waals surface area contributed by atoms with Crippen molar-refractivity contribution in [2.75, 3.05) is 33.2 Å². The van der Waals surface area contributed by atoms with Crippen molar-refractivity contribution in [2.24, 2.45) is 5.41 Å². The van der Waals surface area contributed by atoms with E-state index in [2.05, 4.69) is 22.0 Å². The minimum Gasteiger partial charge on any atom is -0.468 e. The van der Waals surface area contributed by atoms with Crippen LogP contribution in [0.4, 0.5) is 4.39 Å². The Balaban J connectivity index is 1.42. The van der Waals surface area contributed by atoms with Crippen LogP contribution < -0.4 is 0 Å². The zero-order chi connectivity index (χ0) is 19.1. The zero-order valence-electron chi connectivity index (χ0n) is 15.8. The van der Waals surface area contributed by atoms with Crippen molar-refractivity contribution in [1.29, 1.82) is 0 Å². The van der Waals surface area contributed by atoms with E-state index in [-0.39, 0.29) is 17.2 Å². The van der Waals surface area contributed by atoms with Crippen molar-refractivity contribution in [1.82, 2.24) is 19.9 Å². The van der Waals surface area contributed by atoms with Gasteiger partial charge in [0.25, 0.3) is 0 Å². The highest BCUT2D eigenvalue weighted by atomic mass is 19.1. The summed E-state index contributed by atoms with van der Waals surface area (Å²) in [5.41, 5.74) is 0.868. The van der Waals surface area contributed by atoms with E-state index in [1.807, 2.05) is 12.1 Å². The van der Waals surface area contributed by atoms with Crippen LogP contribution >= 0.6 is 0 Å². The highest BCUT2D eigenvalue weighted by Gasteiger charge is 2.52. The summed E-state index contributed by atoms with van der Waals surface area (Å²) >= 11 is 0. The number of likely N-dealkylation sites (tertiary alicyclic amines) is 2. The Labute approximate surface area is 162 Å². The van der Waals surface area contributed by atoms with Gasteiger partial charge in [-0.25, -0.2) is 4.39 Å². The van der Waals surface area contributed by atoms with Crippen LogP contribution in [-0.4, -0.2) is 53.2 Å². The molecule has 146 valence electrons. The molecule has 2 saturated heterocycles. The molecule has 3 aromatic rings. The normalized spacial score (nSPS) is 25.9. The molecule has 1 spiro atoms. The molecule has 0 radical (unpaired) electrons. The lowest BCUT2D eigenvalue weighted by molar-refractivity contribution is 0.219. The molecular weight excluding hydrogens is 359 g/mol. The Morgan fingerprint density at radius 2 is 2.07 bits per heavy atom. The predicted molar refractivity (Wildman–Crippen MR) is 101 cm³/mol. The van der Waals surface area contributed by atoms with Crippen molar-refractivity contribution in [3.05, 3.63) is 60.1 Å². The van der Waals surface area contributed by atoms with Crippen LogP contribution in [-0.2, 0) is 6.54 Å². The van der Waals surface area contributed by atoms with E-state index in [1.165, 1.54) is 12.1 Å². The third-order valence-corrected chi connectivity index (χ3v) is 6.10. The molecule has 0 bridgehead atoms. The second kappa shape index (κ2) is 6.83. The van der Waals surface area contributed by atoms with Gasteiger partial charge in [-0.1, -0.05) is 5.16 Å². The zero-order valence-corrected chi connectivity index (χ0v) is 15.8. The van der Waals surface area contributed by atoms with Gasteiger partial charge in [0.05, 0.1) is 18.7 Å². The predicted octanol–water partition coefficient (Wildman–Crippen LogP) is 3.39. The van der Waals surface area contributed by atoms with E-state index in [9.17, 15) is 4.39 Å². The van der Waals surface area contributed by atoms with Crippen LogP contribution in [0.15, 0.2) is 51.6 Å². The molecule has 28 heavy (non-hydrogen) atoms. The molecule has 6 nitrogen and oxygen atoms in total. The summed E-state index contributed by atoms with van der Waals surface area (Å²) in [6.45, 7) is 4.72. The topological polar surface area (TPSA) is 58.5 Å². The summed E-state index contributed by atoms with van der Waals surface area (Å²) < 4.78 is 24.5. The fourth-order valence-electron chi connectivity index (χ4n) is 4.77. The molecule has 7 heteroatoms. The maximum Gasteiger partial charge on any atom is 0.232 e. The number of aromatic nitrogens is 2. The van der Waals surface area contributed by atoms with E-state index < -0.39 is 0 Å². The molecular formula is C21H23FN4O2. The molecule has 4 heterocycles. The largest absolute Gasteiger partial charge is 0.468 e. The van der Waals surface area contributed by atoms with Gasteiger partial charge in [-0.05, 0) is 56.4 Å². The number of hydrogen-bond donors (Lipinski definition) is 0. The Morgan fingerprint density at radius 3 is 2.79 bits per heavy atom. The second-order valence-electron chi connectivity index (χ2n) is 8.11. The molecule has 2 fully saturated rings. The van der Waals surface area contributed by atoms with Crippen molar-refractivity contribution in [2.45, 2.75) is 18.9 Å². The van der Waals surface area contributed by atoms with Gasteiger partial charge >= 0.3 is 0 Å². The maximum atomic E-state index is 13.2. The monoisotopic (exact) mass is 382 g/mol. The highest BCUT2D eigenvalue weighted by Crippen LogP contribution is 2.48. The fourth-order valence-corrected chi connectivity index (χ4v) is 4.77. The van der Waals surface area contributed by atoms with E-state index in [4.69, 9.17) is 13.9 Å². The van der Waals surface area contributed by atoms with Crippen molar-refractivity contribution < 1.29 is 13.3 Å². The molecule has 0 unspecified atom stereocenters. The van der Waals surface area contributed by atoms with Crippen molar-refractivity contribution >= 4 is 0 Å². The maximum absolute atomic E-state index is 13.2. The van der Waals surface area contributed by atoms with Crippen LogP contribution in [0.5, 0.6) is 0 Å². The highest BCUT2D eigenvalue weighted by molar-refractivity contribution is 5.53. The number of furan rings is 1. The lowest BCUT2D eigenvalue weighted by Gasteiger charge is -2.27. The van der Waals surface area contributed by atoms with Gasteiger partial charge in [-0.15, -0.1) is 0 Å². The average Bonchev–Trinajstić information content (AvgIpc) is 3.45. The minimum absolute atomic E-state index is 0.105. The quantitative estimate of drug-likeness (QED) is 0.689. The summed E-state index contributed by atoms with van der Waals surface area (Å²) in [6, 6.07) is 10.1. The SMILES string of the molecule is CN1CC[C@]2(C1)CN(Cc1ccco1)C[C@H]2c1nc(-c2ccc(F)cc2)no1. The Hall–Kier alpha value is -2.51. The Bertz CT molecular complexity index is 940. The molecule has 0 saturated carbocycles. The standard InChI is InChI=1S/C21H23FN4O2/c1-25-9-8-21(13-25)14-26(11-17-3-2-10-27-17)12-18(21)20-23-19(24-28-20)15-4-6-16(22)7-5-15/h2-7,10,18H,8-9,11-14H2,1H3/t18-,21-/m0/s1. The summed E-state index contributed by atoms with van der Waals surface area (Å²) in [6.07, 6.45) is 2.83. The first-order chi connectivity index (χ1) is 13.6. The fraction of sp³-hybridized carbons (Fsp3) is 0.429. The molecule has 5 rings (SSSR count). The van der Waals surface area contributed by atoms with Crippen LogP contribution in [0.25, 0.3) is 11.4 Å². The molecule has 2 aliphatic rings. The Morgan fingerprint density at radius 1 is 1.21 bits per heavy atom. The second-order valence-corrected chi connectivity index (χ2v) is 8.11. The summed E-state index contributed by atoms with van der Waals surface area (Å²) in [7, 11) is 2.17. The van der Waals surface area contributed by atoms with Gasteiger partial charge in [0.15, 0.2) is 0 Å². The molecule has 0 N–H and O–H groups in total. The van der Waals surface area contributed by atoms with E-state index in [0.717, 1.165) is 50.5 Å². The number of halogens is 1. The lowest BCUT2D eigenvalue weighted by atomic mass is 9.77. The third kappa shape index (κ3) is 3.14. The number of benzene rings is 1. The third-order valence-electron chi connectivity index (χ3n) is 6.10. The molecule has 2 aliphatic heterocycles. The first kappa shape index (κ1) is 17.6. The van der Waals surface area contributed by atoms with Crippen molar-refractivity contribution in [3.8, 4) is 11.4 Å². The van der Waals surface area contributed by atoms with Crippen LogP contribution in [0.1, 0.15) is 24.0 Å².